The van der Waals surface area contributed by atoms with E-state index in [2.05, 4.69) is 173 Å². The molecule has 65 heavy (non-hydrogen) atoms. The van der Waals surface area contributed by atoms with E-state index in [1.807, 2.05) is 73.7 Å². The monoisotopic (exact) mass is 863 g/mol. The van der Waals surface area contributed by atoms with Gasteiger partial charge in [-0.1, -0.05) is 194 Å². The molecule has 5 heteroatoms. The lowest BCUT2D eigenvalue weighted by Gasteiger charge is -2.35. The summed E-state index contributed by atoms with van der Waals surface area (Å²) in [6.07, 6.45) is 18.2. The fourth-order valence-electron chi connectivity index (χ4n) is 9.72. The summed E-state index contributed by atoms with van der Waals surface area (Å²) in [5.41, 5.74) is 14.5. The van der Waals surface area contributed by atoms with Gasteiger partial charge in [-0.15, -0.1) is 0 Å². The van der Waals surface area contributed by atoms with Crippen molar-refractivity contribution >= 4 is 45.7 Å². The van der Waals surface area contributed by atoms with Crippen LogP contribution in [0, 0.1) is 6.92 Å². The summed E-state index contributed by atoms with van der Waals surface area (Å²) in [5.74, 6) is 0.852. The molecule has 0 spiro atoms. The topological polar surface area (TPSA) is 47.3 Å². The van der Waals surface area contributed by atoms with Gasteiger partial charge in [0.2, 0.25) is 0 Å². The van der Waals surface area contributed by atoms with Gasteiger partial charge in [0.25, 0.3) is 0 Å². The minimum atomic E-state index is -3.13. The number of nitrogens with zero attached hydrogens (tertiary/aromatic N) is 3. The van der Waals surface area contributed by atoms with Gasteiger partial charge in [-0.25, -0.2) is 9.97 Å². The van der Waals surface area contributed by atoms with Gasteiger partial charge < -0.3 is 4.57 Å². The first-order valence-electron chi connectivity index (χ1n) is 22.5. The Morgan fingerprint density at radius 3 is 1.85 bits per heavy atom. The highest BCUT2D eigenvalue weighted by Gasteiger charge is 2.46. The molecule has 8 aromatic rings. The molecule has 6 aromatic carbocycles. The molecule has 1 aliphatic rings. The van der Waals surface area contributed by atoms with Crippen LogP contribution >= 0.6 is 7.14 Å². The first kappa shape index (κ1) is 43.1. The molecule has 2 heterocycles. The van der Waals surface area contributed by atoms with Gasteiger partial charge in [-0.2, -0.15) is 0 Å². The van der Waals surface area contributed by atoms with Crippen molar-refractivity contribution in [3.8, 4) is 33.6 Å². The Hall–Kier alpha value is -7.13. The molecule has 4 nitrogen and oxygen atoms in total. The van der Waals surface area contributed by atoms with Crippen molar-refractivity contribution in [3.63, 3.8) is 0 Å². The van der Waals surface area contributed by atoms with Gasteiger partial charge in [0.05, 0.1) is 22.3 Å². The largest absolute Gasteiger partial charge is 0.309 e. The highest BCUT2D eigenvalue weighted by atomic mass is 31.2. The molecular formula is C60H54N3OP. The van der Waals surface area contributed by atoms with Gasteiger partial charge in [0.1, 0.15) is 11.5 Å². The molecule has 2 aromatic heterocycles. The molecule has 1 aliphatic carbocycles. The van der Waals surface area contributed by atoms with Crippen LogP contribution in [-0.2, 0) is 9.98 Å². The Balaban J connectivity index is 1.27. The highest BCUT2D eigenvalue weighted by Crippen LogP contribution is 2.58. The predicted molar refractivity (Wildman–Crippen MR) is 277 cm³/mol. The first-order valence-corrected chi connectivity index (χ1v) is 24.2. The first-order chi connectivity index (χ1) is 31.6. The van der Waals surface area contributed by atoms with Crippen molar-refractivity contribution in [3.05, 3.63) is 234 Å². The van der Waals surface area contributed by atoms with Crippen LogP contribution in [0.15, 0.2) is 211 Å². The summed E-state index contributed by atoms with van der Waals surface area (Å²) in [6, 6.07) is 50.2. The molecule has 0 saturated carbocycles. The second-order valence-corrected chi connectivity index (χ2v) is 19.8. The van der Waals surface area contributed by atoms with E-state index >= 15 is 4.57 Å². The third-order valence-corrected chi connectivity index (χ3v) is 15.9. The van der Waals surface area contributed by atoms with Crippen molar-refractivity contribution in [2.45, 2.75) is 53.4 Å². The fourth-order valence-corrected chi connectivity index (χ4v) is 12.4. The van der Waals surface area contributed by atoms with Crippen LogP contribution < -0.4 is 15.9 Å². The minimum absolute atomic E-state index is 0.641. The lowest BCUT2D eigenvalue weighted by molar-refractivity contribution is 0.592. The Labute approximate surface area is 383 Å². The SMILES string of the molecule is C=C(C)/C=C\C=C(/C)C1(/C(C)=C/C=C\C)c2cc(-c3ccc(P(=O)(c4ccccc4)c4ccccc4)cc3)ccc2-c2ccc(-c3nc4ccccc4c4nc(C)c(/C=C\CC)n34)cc21. The number of para-hydroxylation sites is 1. The number of hydrogen-bond donors (Lipinski definition) is 0. The average Bonchev–Trinajstić information content (AvgIpc) is 3.83. The van der Waals surface area contributed by atoms with E-state index in [1.165, 1.54) is 33.4 Å². The summed E-state index contributed by atoms with van der Waals surface area (Å²) < 4.78 is 17.5. The number of aryl methyl sites for hydroxylation is 1. The van der Waals surface area contributed by atoms with Crippen LogP contribution in [0.4, 0.5) is 0 Å². The van der Waals surface area contributed by atoms with Gasteiger partial charge in [0, 0.05) is 26.9 Å². The molecule has 0 saturated heterocycles. The number of fused-ring (bicyclic) bond motifs is 6. The zero-order valence-corrected chi connectivity index (χ0v) is 39.0. The van der Waals surface area contributed by atoms with Crippen molar-refractivity contribution in [2.75, 3.05) is 0 Å². The molecule has 0 bridgehead atoms. The van der Waals surface area contributed by atoms with Crippen molar-refractivity contribution in [2.24, 2.45) is 0 Å². The Kier molecular flexibility index (Phi) is 11.8. The predicted octanol–water partition coefficient (Wildman–Crippen LogP) is 14.5. The molecule has 1 atom stereocenters. The normalized spacial score (nSPS) is 15.5. The Bertz CT molecular complexity index is 3290. The molecule has 320 valence electrons. The third kappa shape index (κ3) is 7.42. The fraction of sp³-hybridized carbons (Fsp3) is 0.133. The van der Waals surface area contributed by atoms with Crippen molar-refractivity contribution in [1.29, 1.82) is 0 Å². The van der Waals surface area contributed by atoms with E-state index in [9.17, 15) is 0 Å². The molecule has 0 N–H and O–H groups in total. The zero-order chi connectivity index (χ0) is 45.3. The molecule has 0 radical (unpaired) electrons. The van der Waals surface area contributed by atoms with E-state index < -0.39 is 12.6 Å². The Morgan fingerprint density at radius 1 is 0.677 bits per heavy atom. The maximum atomic E-state index is 15.3. The van der Waals surface area contributed by atoms with Gasteiger partial charge in [0.15, 0.2) is 7.14 Å². The number of aromatic nitrogens is 3. The lowest BCUT2D eigenvalue weighted by atomic mass is 9.67. The summed E-state index contributed by atoms with van der Waals surface area (Å²) in [7, 11) is -3.13. The van der Waals surface area contributed by atoms with Crippen LogP contribution in [0.25, 0.3) is 56.3 Å². The number of rotatable bonds is 12. The number of imidazole rings is 1. The van der Waals surface area contributed by atoms with Crippen molar-refractivity contribution < 1.29 is 4.57 Å². The lowest BCUT2D eigenvalue weighted by Crippen LogP contribution is -2.28. The van der Waals surface area contributed by atoms with E-state index in [0.29, 0.717) is 0 Å². The van der Waals surface area contributed by atoms with Crippen LogP contribution in [0.3, 0.4) is 0 Å². The van der Waals surface area contributed by atoms with E-state index in [4.69, 9.17) is 9.97 Å². The van der Waals surface area contributed by atoms with Crippen molar-refractivity contribution in [1.82, 2.24) is 14.4 Å². The molecule has 9 rings (SSSR count). The standard InChI is InChI=1S/C60H54N3OP/c1-8-10-22-42(5)60(43(6)23-20-21-41(3)4)54-39-46(45-31-35-50(36-32-45)65(64,48-24-14-12-15-25-48)49-26-16-13-17-27-49)33-37-51(54)52-38-34-47(40-55(52)60)58-62-56-29-19-18-28-53(56)59-61-44(7)57(63(58)59)30-11-9-2/h8,10-40H,3,9H2,1-2,4-7H3/b10-8-,21-20-,30-11-,42-22+,43-23+. The van der Waals surface area contributed by atoms with Gasteiger partial charge in [-0.05, 0) is 105 Å². The van der Waals surface area contributed by atoms with Crippen LogP contribution in [-0.4, -0.2) is 14.4 Å². The summed E-state index contributed by atoms with van der Waals surface area (Å²) in [4.78, 5) is 10.6. The van der Waals surface area contributed by atoms with Crippen LogP contribution in [0.2, 0.25) is 0 Å². The highest BCUT2D eigenvalue weighted by molar-refractivity contribution is 7.85. The average molecular weight is 864 g/mol. The summed E-state index contributed by atoms with van der Waals surface area (Å²) >= 11 is 0. The number of hydrogen-bond acceptors (Lipinski definition) is 3. The molecule has 0 amide bonds. The third-order valence-electron chi connectivity index (χ3n) is 12.8. The van der Waals surface area contributed by atoms with E-state index in [0.717, 1.165) is 78.4 Å². The van der Waals surface area contributed by atoms with E-state index in [1.54, 1.807) is 0 Å². The maximum absolute atomic E-state index is 15.3. The van der Waals surface area contributed by atoms with Gasteiger partial charge >= 0.3 is 0 Å². The minimum Gasteiger partial charge on any atom is -0.309 e. The maximum Gasteiger partial charge on any atom is 0.171 e. The summed E-state index contributed by atoms with van der Waals surface area (Å²) in [5, 5.41) is 3.47. The molecule has 1 unspecified atom stereocenters. The molecule has 0 fully saturated rings. The van der Waals surface area contributed by atoms with Gasteiger partial charge in [-0.3, -0.25) is 4.40 Å². The molecular weight excluding hydrogens is 810 g/mol. The zero-order valence-electron chi connectivity index (χ0n) is 38.1. The molecule has 0 aliphatic heterocycles. The van der Waals surface area contributed by atoms with Crippen LogP contribution in [0.5, 0.6) is 0 Å². The Morgan fingerprint density at radius 2 is 1.23 bits per heavy atom. The smallest absolute Gasteiger partial charge is 0.171 e. The number of allylic oxidation sites excluding steroid dienone is 10. The quantitative estimate of drug-likeness (QED) is 0.0908. The number of benzene rings is 6. The second-order valence-electron chi connectivity index (χ2n) is 17.0. The summed E-state index contributed by atoms with van der Waals surface area (Å²) in [6.45, 7) is 17.0. The van der Waals surface area contributed by atoms with E-state index in [-0.39, 0.29) is 0 Å². The second kappa shape index (κ2) is 17.8. The van der Waals surface area contributed by atoms with Crippen LogP contribution in [0.1, 0.15) is 63.6 Å².